The summed E-state index contributed by atoms with van der Waals surface area (Å²) in [5, 5.41) is 15.6. The molecule has 0 amide bonds. The average molecular weight is 237 g/mol. The van der Waals surface area contributed by atoms with Gasteiger partial charge in [0.05, 0.1) is 0 Å². The van der Waals surface area contributed by atoms with Crippen LogP contribution in [0, 0.1) is 0 Å². The highest BCUT2D eigenvalue weighted by Crippen LogP contribution is 2.15. The third-order valence-corrected chi connectivity index (χ3v) is 2.66. The van der Waals surface area contributed by atoms with E-state index >= 15 is 0 Å². The second-order valence-corrected chi connectivity index (χ2v) is 4.12. The maximum absolute atomic E-state index is 8.95. The fourth-order valence-corrected chi connectivity index (χ4v) is 1.64. The van der Waals surface area contributed by atoms with Crippen LogP contribution in [0.1, 0.15) is 33.1 Å². The number of nitrogens with one attached hydrogen (secondary N) is 2. The Bertz CT molecular complexity index is 317. The summed E-state index contributed by atoms with van der Waals surface area (Å²) >= 11 is 0. The Morgan fingerprint density at radius 1 is 1.41 bits per heavy atom. The highest BCUT2D eigenvalue weighted by Gasteiger charge is 2.05. The Morgan fingerprint density at radius 2 is 2.24 bits per heavy atom. The molecule has 4 nitrogen and oxygen atoms in total. The summed E-state index contributed by atoms with van der Waals surface area (Å²) in [7, 11) is 0. The normalized spacial score (nSPS) is 12.2. The molecule has 1 aromatic heterocycles. The number of aromatic nitrogens is 1. The number of hydrogen-bond acceptors (Lipinski definition) is 4. The zero-order valence-corrected chi connectivity index (χ0v) is 10.7. The first-order valence-electron chi connectivity index (χ1n) is 6.37. The zero-order valence-electron chi connectivity index (χ0n) is 10.7. The van der Waals surface area contributed by atoms with E-state index in [9.17, 15) is 0 Å². The van der Waals surface area contributed by atoms with Crippen molar-refractivity contribution in [2.45, 2.75) is 39.2 Å². The standard InChI is InChI=1S/C13H23N3O/c1-3-7-14-13-10-12(5-8-15-13)16-11(4-2)6-9-17/h5,8,10-11,17H,3-4,6-7,9H2,1-2H3,(H2,14,15,16). The van der Waals surface area contributed by atoms with Gasteiger partial charge in [0.15, 0.2) is 0 Å². The fraction of sp³-hybridized carbons (Fsp3) is 0.615. The molecule has 17 heavy (non-hydrogen) atoms. The van der Waals surface area contributed by atoms with Gasteiger partial charge in [0, 0.05) is 37.1 Å². The Balaban J connectivity index is 2.57. The number of pyridine rings is 1. The molecule has 1 aromatic rings. The Morgan fingerprint density at radius 3 is 2.88 bits per heavy atom. The lowest BCUT2D eigenvalue weighted by Gasteiger charge is -2.17. The minimum atomic E-state index is 0.220. The van der Waals surface area contributed by atoms with Gasteiger partial charge in [0.1, 0.15) is 5.82 Å². The molecule has 0 aliphatic rings. The van der Waals surface area contributed by atoms with Crippen molar-refractivity contribution in [2.75, 3.05) is 23.8 Å². The highest BCUT2D eigenvalue weighted by molar-refractivity contribution is 5.52. The number of rotatable bonds is 8. The van der Waals surface area contributed by atoms with E-state index < -0.39 is 0 Å². The number of aliphatic hydroxyl groups is 1. The second kappa shape index (κ2) is 7.90. The zero-order chi connectivity index (χ0) is 12.5. The van der Waals surface area contributed by atoms with Crippen molar-refractivity contribution in [3.8, 4) is 0 Å². The maximum Gasteiger partial charge on any atom is 0.127 e. The van der Waals surface area contributed by atoms with E-state index in [1.54, 1.807) is 6.20 Å². The molecule has 1 unspecified atom stereocenters. The van der Waals surface area contributed by atoms with E-state index in [0.29, 0.717) is 6.04 Å². The van der Waals surface area contributed by atoms with Crippen molar-refractivity contribution in [2.24, 2.45) is 0 Å². The van der Waals surface area contributed by atoms with Crippen molar-refractivity contribution in [3.63, 3.8) is 0 Å². The number of hydrogen-bond donors (Lipinski definition) is 3. The van der Waals surface area contributed by atoms with Crippen molar-refractivity contribution < 1.29 is 5.11 Å². The lowest BCUT2D eigenvalue weighted by atomic mass is 10.1. The molecular weight excluding hydrogens is 214 g/mol. The van der Waals surface area contributed by atoms with Crippen LogP contribution in [0.2, 0.25) is 0 Å². The van der Waals surface area contributed by atoms with Gasteiger partial charge in [-0.15, -0.1) is 0 Å². The smallest absolute Gasteiger partial charge is 0.127 e. The van der Waals surface area contributed by atoms with Crippen molar-refractivity contribution >= 4 is 11.5 Å². The van der Waals surface area contributed by atoms with E-state index in [-0.39, 0.29) is 6.61 Å². The minimum absolute atomic E-state index is 0.220. The van der Waals surface area contributed by atoms with E-state index in [0.717, 1.165) is 37.3 Å². The topological polar surface area (TPSA) is 57.2 Å². The van der Waals surface area contributed by atoms with Gasteiger partial charge in [-0.3, -0.25) is 0 Å². The number of nitrogens with zero attached hydrogens (tertiary/aromatic N) is 1. The molecule has 4 heteroatoms. The molecule has 0 aromatic carbocycles. The second-order valence-electron chi connectivity index (χ2n) is 4.12. The minimum Gasteiger partial charge on any atom is -0.396 e. The van der Waals surface area contributed by atoms with E-state index in [2.05, 4.69) is 29.5 Å². The Hall–Kier alpha value is -1.29. The molecule has 0 saturated carbocycles. The Labute approximate surface area is 103 Å². The highest BCUT2D eigenvalue weighted by atomic mass is 16.3. The molecule has 1 heterocycles. The SMILES string of the molecule is CCCNc1cc(NC(CC)CCO)ccn1. The molecule has 0 aliphatic heterocycles. The van der Waals surface area contributed by atoms with E-state index in [1.165, 1.54) is 0 Å². The third-order valence-electron chi connectivity index (χ3n) is 2.66. The van der Waals surface area contributed by atoms with Gasteiger partial charge in [-0.1, -0.05) is 13.8 Å². The molecule has 0 spiro atoms. The molecule has 1 rings (SSSR count). The van der Waals surface area contributed by atoms with Gasteiger partial charge >= 0.3 is 0 Å². The predicted molar refractivity (Wildman–Crippen MR) is 72.4 cm³/mol. The summed E-state index contributed by atoms with van der Waals surface area (Å²) in [6, 6.07) is 4.29. The molecule has 0 aliphatic carbocycles. The van der Waals surface area contributed by atoms with Gasteiger partial charge < -0.3 is 15.7 Å². The van der Waals surface area contributed by atoms with E-state index in [4.69, 9.17) is 5.11 Å². The van der Waals surface area contributed by atoms with Crippen LogP contribution in [0.5, 0.6) is 0 Å². The quantitative estimate of drug-likeness (QED) is 0.650. The molecule has 0 fully saturated rings. The summed E-state index contributed by atoms with van der Waals surface area (Å²) in [6.07, 6.45) is 4.66. The van der Waals surface area contributed by atoms with Crippen LogP contribution in [0.15, 0.2) is 18.3 Å². The van der Waals surface area contributed by atoms with Gasteiger partial charge in [-0.05, 0) is 25.3 Å². The first kappa shape index (κ1) is 13.8. The van der Waals surface area contributed by atoms with Gasteiger partial charge in [0.25, 0.3) is 0 Å². The summed E-state index contributed by atoms with van der Waals surface area (Å²) in [6.45, 7) is 5.40. The molecular formula is C13H23N3O. The predicted octanol–water partition coefficient (Wildman–Crippen LogP) is 2.48. The third kappa shape index (κ3) is 5.04. The van der Waals surface area contributed by atoms with Gasteiger partial charge in [-0.2, -0.15) is 0 Å². The number of anilines is 2. The summed E-state index contributed by atoms with van der Waals surface area (Å²) in [5.74, 6) is 0.899. The maximum atomic E-state index is 8.95. The van der Waals surface area contributed by atoms with Crippen molar-refractivity contribution in [1.29, 1.82) is 0 Å². The lowest BCUT2D eigenvalue weighted by Crippen LogP contribution is -2.19. The van der Waals surface area contributed by atoms with Crippen LogP contribution >= 0.6 is 0 Å². The van der Waals surface area contributed by atoms with Crippen LogP contribution in [0.25, 0.3) is 0 Å². The molecule has 3 N–H and O–H groups in total. The monoisotopic (exact) mass is 237 g/mol. The van der Waals surface area contributed by atoms with Crippen molar-refractivity contribution in [3.05, 3.63) is 18.3 Å². The molecule has 96 valence electrons. The molecule has 0 saturated heterocycles. The van der Waals surface area contributed by atoms with Crippen LogP contribution in [-0.4, -0.2) is 29.3 Å². The van der Waals surface area contributed by atoms with Crippen molar-refractivity contribution in [1.82, 2.24) is 4.98 Å². The molecule has 0 radical (unpaired) electrons. The molecule has 1 atom stereocenters. The van der Waals surface area contributed by atoms with Crippen LogP contribution in [0.4, 0.5) is 11.5 Å². The van der Waals surface area contributed by atoms with Gasteiger partial charge in [0.2, 0.25) is 0 Å². The average Bonchev–Trinajstić information content (AvgIpc) is 2.36. The first-order chi connectivity index (χ1) is 8.30. The number of aliphatic hydroxyl groups excluding tert-OH is 1. The van der Waals surface area contributed by atoms with Crippen LogP contribution in [0.3, 0.4) is 0 Å². The largest absolute Gasteiger partial charge is 0.396 e. The molecule has 0 bridgehead atoms. The Kier molecular flexibility index (Phi) is 6.40. The first-order valence-corrected chi connectivity index (χ1v) is 6.37. The summed E-state index contributed by atoms with van der Waals surface area (Å²) < 4.78 is 0. The van der Waals surface area contributed by atoms with Crippen LogP contribution < -0.4 is 10.6 Å². The lowest BCUT2D eigenvalue weighted by molar-refractivity contribution is 0.278. The van der Waals surface area contributed by atoms with E-state index in [1.807, 2.05) is 12.1 Å². The fourth-order valence-electron chi connectivity index (χ4n) is 1.64. The van der Waals surface area contributed by atoms with Crippen LogP contribution in [-0.2, 0) is 0 Å². The summed E-state index contributed by atoms with van der Waals surface area (Å²) in [4.78, 5) is 4.26. The van der Waals surface area contributed by atoms with Gasteiger partial charge in [-0.25, -0.2) is 4.98 Å². The summed E-state index contributed by atoms with van der Waals surface area (Å²) in [5.41, 5.74) is 1.05.